The molecule has 1 heterocycles. The normalized spacial score (nSPS) is 12.6. The maximum Gasteiger partial charge on any atom is 0.322 e. The molecule has 2 rings (SSSR count). The highest BCUT2D eigenvalue weighted by Gasteiger charge is 2.26. The Balaban J connectivity index is 2.37. The summed E-state index contributed by atoms with van der Waals surface area (Å²) in [6.07, 6.45) is 0. The van der Waals surface area contributed by atoms with Crippen LogP contribution in [0.25, 0.3) is 0 Å². The Morgan fingerprint density at radius 1 is 1.30 bits per heavy atom. The predicted molar refractivity (Wildman–Crippen MR) is 64.1 cm³/mol. The van der Waals surface area contributed by atoms with Gasteiger partial charge in [-0.1, -0.05) is 0 Å². The van der Waals surface area contributed by atoms with Gasteiger partial charge in [0.15, 0.2) is 11.5 Å². The molecule has 0 unspecified atom stereocenters. The molecule has 0 atom stereocenters. The summed E-state index contributed by atoms with van der Waals surface area (Å²) in [7, 11) is 0. The van der Waals surface area contributed by atoms with Crippen LogP contribution in [0.1, 0.15) is 10.4 Å². The van der Waals surface area contributed by atoms with E-state index < -0.39 is 29.0 Å². The number of carbonyl (C=O) groups is 2. The molecule has 0 aromatic heterocycles. The van der Waals surface area contributed by atoms with E-state index in [9.17, 15) is 19.7 Å². The van der Waals surface area contributed by atoms with Crippen LogP contribution in [0, 0.1) is 10.1 Å². The molecule has 9 nitrogen and oxygen atoms in total. The molecule has 0 spiro atoms. The first-order valence-corrected chi connectivity index (χ1v) is 5.57. The highest BCUT2D eigenvalue weighted by atomic mass is 16.6. The Morgan fingerprint density at radius 3 is 2.45 bits per heavy atom. The second kappa shape index (κ2) is 5.43. The van der Waals surface area contributed by atoms with E-state index in [0.29, 0.717) is 0 Å². The number of carboxylic acid groups (broad SMARTS) is 1. The third kappa shape index (κ3) is 2.76. The standard InChI is InChI=1S/C11H10N2O7/c14-10(15)5-12-11(16)6-3-8-9(20-2-1-19-8)4-7(6)13(17)18/h3-4H,1-2,5H2,(H,12,16)(H,14,15). The van der Waals surface area contributed by atoms with Crippen molar-refractivity contribution in [3.63, 3.8) is 0 Å². The smallest absolute Gasteiger partial charge is 0.322 e. The zero-order chi connectivity index (χ0) is 14.7. The SMILES string of the molecule is O=C(O)CNC(=O)c1cc2c(cc1[N+](=O)[O-])OCCO2. The first-order valence-electron chi connectivity index (χ1n) is 5.57. The number of nitro benzene ring substituents is 1. The van der Waals surface area contributed by atoms with Gasteiger partial charge < -0.3 is 19.9 Å². The molecule has 0 bridgehead atoms. The van der Waals surface area contributed by atoms with Gasteiger partial charge in [0, 0.05) is 6.07 Å². The number of rotatable bonds is 4. The van der Waals surface area contributed by atoms with Crippen LogP contribution in [-0.4, -0.2) is 41.7 Å². The van der Waals surface area contributed by atoms with Gasteiger partial charge in [-0.2, -0.15) is 0 Å². The summed E-state index contributed by atoms with van der Waals surface area (Å²) >= 11 is 0. The van der Waals surface area contributed by atoms with E-state index in [1.165, 1.54) is 6.07 Å². The Morgan fingerprint density at radius 2 is 1.90 bits per heavy atom. The minimum absolute atomic E-state index is 0.178. The molecule has 9 heteroatoms. The largest absolute Gasteiger partial charge is 0.486 e. The summed E-state index contributed by atoms with van der Waals surface area (Å²) in [4.78, 5) is 32.4. The monoisotopic (exact) mass is 282 g/mol. The van der Waals surface area contributed by atoms with Gasteiger partial charge in [0.1, 0.15) is 25.3 Å². The van der Waals surface area contributed by atoms with Gasteiger partial charge in [-0.05, 0) is 0 Å². The molecule has 0 saturated carbocycles. The highest BCUT2D eigenvalue weighted by Crippen LogP contribution is 2.36. The maximum absolute atomic E-state index is 11.8. The molecular weight excluding hydrogens is 272 g/mol. The minimum atomic E-state index is -1.25. The molecule has 0 aliphatic carbocycles. The first kappa shape index (κ1) is 13.6. The van der Waals surface area contributed by atoms with Crippen LogP contribution in [0.4, 0.5) is 5.69 Å². The number of nitrogens with zero attached hydrogens (tertiary/aromatic N) is 1. The van der Waals surface area contributed by atoms with Crippen LogP contribution >= 0.6 is 0 Å². The van der Waals surface area contributed by atoms with Crippen molar-refractivity contribution in [1.82, 2.24) is 5.32 Å². The second-order valence-electron chi connectivity index (χ2n) is 3.85. The Kier molecular flexibility index (Phi) is 3.69. The third-order valence-corrected chi connectivity index (χ3v) is 2.50. The Hall–Kier alpha value is -2.84. The predicted octanol–water partition coefficient (Wildman–Crippen LogP) is 0.180. The maximum atomic E-state index is 11.8. The number of carbonyl (C=O) groups excluding carboxylic acids is 1. The van der Waals surface area contributed by atoms with Gasteiger partial charge in [-0.25, -0.2) is 0 Å². The first-order chi connectivity index (χ1) is 9.49. The average molecular weight is 282 g/mol. The van der Waals surface area contributed by atoms with Gasteiger partial charge in [0.2, 0.25) is 0 Å². The zero-order valence-electron chi connectivity index (χ0n) is 10.1. The fourth-order valence-electron chi connectivity index (χ4n) is 1.66. The van der Waals surface area contributed by atoms with E-state index in [-0.39, 0.29) is 30.3 Å². The van der Waals surface area contributed by atoms with Gasteiger partial charge in [-0.15, -0.1) is 0 Å². The minimum Gasteiger partial charge on any atom is -0.486 e. The van der Waals surface area contributed by atoms with Crippen LogP contribution in [0.15, 0.2) is 12.1 Å². The lowest BCUT2D eigenvalue weighted by atomic mass is 10.1. The topological polar surface area (TPSA) is 128 Å². The van der Waals surface area contributed by atoms with Crippen molar-refractivity contribution in [2.24, 2.45) is 0 Å². The van der Waals surface area contributed by atoms with Gasteiger partial charge >= 0.3 is 5.97 Å². The lowest BCUT2D eigenvalue weighted by Gasteiger charge is -2.18. The quantitative estimate of drug-likeness (QED) is 0.595. The molecule has 1 amide bonds. The lowest BCUT2D eigenvalue weighted by Crippen LogP contribution is -2.30. The fraction of sp³-hybridized carbons (Fsp3) is 0.273. The number of aliphatic carboxylic acids is 1. The number of hydrogen-bond donors (Lipinski definition) is 2. The number of nitrogens with one attached hydrogen (secondary N) is 1. The van der Waals surface area contributed by atoms with Crippen molar-refractivity contribution < 1.29 is 29.1 Å². The molecule has 1 aromatic carbocycles. The third-order valence-electron chi connectivity index (χ3n) is 2.50. The number of nitro groups is 1. The van der Waals surface area contributed by atoms with Gasteiger partial charge in [0.25, 0.3) is 11.6 Å². The number of benzene rings is 1. The number of amides is 1. The van der Waals surface area contributed by atoms with E-state index in [1.54, 1.807) is 0 Å². The number of hydrogen-bond acceptors (Lipinski definition) is 6. The van der Waals surface area contributed by atoms with E-state index in [1.807, 2.05) is 0 Å². The molecular formula is C11H10N2O7. The Bertz CT molecular complexity index is 584. The zero-order valence-corrected chi connectivity index (χ0v) is 10.1. The van der Waals surface area contributed by atoms with E-state index in [4.69, 9.17) is 14.6 Å². The summed E-state index contributed by atoms with van der Waals surface area (Å²) in [5.41, 5.74) is -0.752. The molecule has 1 aliphatic rings. The molecule has 0 radical (unpaired) electrons. The van der Waals surface area contributed by atoms with Crippen molar-refractivity contribution in [3.8, 4) is 11.5 Å². The number of ether oxygens (including phenoxy) is 2. The second-order valence-corrected chi connectivity index (χ2v) is 3.85. The summed E-state index contributed by atoms with van der Waals surface area (Å²) in [5.74, 6) is -1.73. The van der Waals surface area contributed by atoms with E-state index in [2.05, 4.69) is 5.32 Å². The van der Waals surface area contributed by atoms with Crippen LogP contribution in [0.5, 0.6) is 11.5 Å². The number of fused-ring (bicyclic) bond motifs is 1. The van der Waals surface area contributed by atoms with Crippen molar-refractivity contribution in [3.05, 3.63) is 27.8 Å². The fourth-order valence-corrected chi connectivity index (χ4v) is 1.66. The van der Waals surface area contributed by atoms with Crippen molar-refractivity contribution in [2.45, 2.75) is 0 Å². The van der Waals surface area contributed by atoms with E-state index >= 15 is 0 Å². The molecule has 20 heavy (non-hydrogen) atoms. The van der Waals surface area contributed by atoms with Gasteiger partial charge in [-0.3, -0.25) is 19.7 Å². The molecule has 0 fully saturated rings. The van der Waals surface area contributed by atoms with Crippen LogP contribution < -0.4 is 14.8 Å². The van der Waals surface area contributed by atoms with Crippen molar-refractivity contribution in [2.75, 3.05) is 19.8 Å². The number of carboxylic acids is 1. The molecule has 1 aliphatic heterocycles. The highest BCUT2D eigenvalue weighted by molar-refractivity contribution is 6.00. The van der Waals surface area contributed by atoms with Crippen molar-refractivity contribution in [1.29, 1.82) is 0 Å². The molecule has 106 valence electrons. The molecule has 0 saturated heterocycles. The summed E-state index contributed by atoms with van der Waals surface area (Å²) in [6, 6.07) is 2.26. The van der Waals surface area contributed by atoms with Crippen molar-refractivity contribution >= 4 is 17.6 Å². The van der Waals surface area contributed by atoms with Crippen LogP contribution in [0.2, 0.25) is 0 Å². The molecule has 2 N–H and O–H groups in total. The van der Waals surface area contributed by atoms with E-state index in [0.717, 1.165) is 6.07 Å². The molecule has 1 aromatic rings. The summed E-state index contributed by atoms with van der Waals surface area (Å²) in [6.45, 7) is -0.111. The van der Waals surface area contributed by atoms with Gasteiger partial charge in [0.05, 0.1) is 11.0 Å². The lowest BCUT2D eigenvalue weighted by molar-refractivity contribution is -0.385. The van der Waals surface area contributed by atoms with Crippen LogP contribution in [-0.2, 0) is 4.79 Å². The Labute approximate surface area is 112 Å². The summed E-state index contributed by atoms with van der Waals surface area (Å²) in [5, 5.41) is 21.5. The van der Waals surface area contributed by atoms with Crippen LogP contribution in [0.3, 0.4) is 0 Å². The summed E-state index contributed by atoms with van der Waals surface area (Å²) < 4.78 is 10.4. The average Bonchev–Trinajstić information content (AvgIpc) is 2.43.